The Morgan fingerprint density at radius 2 is 1.93 bits per heavy atom. The molecule has 30 heavy (non-hydrogen) atoms. The van der Waals surface area contributed by atoms with Crippen LogP contribution < -0.4 is 5.32 Å². The highest BCUT2D eigenvalue weighted by Gasteiger charge is 2.28. The number of carbonyl (C=O) groups excluding carboxylic acids is 2. The quantitative estimate of drug-likeness (QED) is 0.558. The lowest BCUT2D eigenvalue weighted by atomic mass is 10.2. The van der Waals surface area contributed by atoms with Gasteiger partial charge in [0.15, 0.2) is 5.82 Å². The molecule has 0 unspecified atom stereocenters. The Bertz CT molecular complexity index is 1210. The first-order chi connectivity index (χ1) is 14.7. The molecule has 1 N–H and O–H groups in total. The summed E-state index contributed by atoms with van der Waals surface area (Å²) >= 11 is 0. The second-order valence-corrected chi connectivity index (χ2v) is 7.26. The minimum Gasteiger partial charge on any atom is -0.467 e. The summed E-state index contributed by atoms with van der Waals surface area (Å²) in [5, 5.41) is 2.83. The molecule has 0 saturated carbocycles. The van der Waals surface area contributed by atoms with Crippen LogP contribution in [-0.2, 0) is 19.6 Å². The van der Waals surface area contributed by atoms with E-state index in [2.05, 4.69) is 10.3 Å². The number of hydrogen-bond acceptors (Lipinski definition) is 4. The molecule has 0 aliphatic carbocycles. The molecule has 7 heteroatoms. The second-order valence-electron chi connectivity index (χ2n) is 7.26. The number of furan rings is 1. The van der Waals surface area contributed by atoms with Crippen LogP contribution in [0, 0.1) is 0 Å². The van der Waals surface area contributed by atoms with E-state index in [9.17, 15) is 9.59 Å². The van der Waals surface area contributed by atoms with E-state index in [4.69, 9.17) is 4.42 Å². The number of amides is 2. The van der Waals surface area contributed by atoms with Gasteiger partial charge in [0.2, 0.25) is 0 Å². The lowest BCUT2D eigenvalue weighted by Gasteiger charge is -2.27. The Balaban J connectivity index is 1.37. The minimum atomic E-state index is -0.212. The van der Waals surface area contributed by atoms with Gasteiger partial charge in [0, 0.05) is 25.2 Å². The van der Waals surface area contributed by atoms with E-state index < -0.39 is 0 Å². The van der Waals surface area contributed by atoms with Crippen molar-refractivity contribution in [1.82, 2.24) is 19.8 Å². The van der Waals surface area contributed by atoms with Gasteiger partial charge >= 0.3 is 0 Å². The van der Waals surface area contributed by atoms with E-state index in [0.29, 0.717) is 48.8 Å². The number of fused-ring (bicyclic) bond motifs is 3. The number of nitrogens with zero attached hydrogens (tertiary/aromatic N) is 3. The van der Waals surface area contributed by atoms with Gasteiger partial charge in [0.1, 0.15) is 5.76 Å². The summed E-state index contributed by atoms with van der Waals surface area (Å²) in [6.45, 7) is 2.17. The Hall–Kier alpha value is -3.87. The molecular formula is C23H20N4O3. The van der Waals surface area contributed by atoms with Gasteiger partial charge in [-0.05, 0) is 35.9 Å². The summed E-state index contributed by atoms with van der Waals surface area (Å²) in [6.07, 6.45) is 1.57. The Kier molecular flexibility index (Phi) is 4.55. The number of rotatable bonds is 5. The van der Waals surface area contributed by atoms with Crippen molar-refractivity contribution in [1.29, 1.82) is 0 Å². The maximum absolute atomic E-state index is 13.0. The Morgan fingerprint density at radius 1 is 1.07 bits per heavy atom. The fourth-order valence-electron chi connectivity index (χ4n) is 3.76. The average Bonchev–Trinajstić information content (AvgIpc) is 3.42. The predicted molar refractivity (Wildman–Crippen MR) is 111 cm³/mol. The Morgan fingerprint density at radius 3 is 2.73 bits per heavy atom. The zero-order valence-electron chi connectivity index (χ0n) is 16.2. The number of hydrogen-bond donors (Lipinski definition) is 1. The fourth-order valence-corrected chi connectivity index (χ4v) is 3.76. The minimum absolute atomic E-state index is 0.0925. The van der Waals surface area contributed by atoms with Crippen LogP contribution in [0.2, 0.25) is 0 Å². The van der Waals surface area contributed by atoms with Crippen molar-refractivity contribution in [2.75, 3.05) is 6.54 Å². The fraction of sp³-hybridized carbons (Fsp3) is 0.174. The highest BCUT2D eigenvalue weighted by molar-refractivity contribution is 5.99. The van der Waals surface area contributed by atoms with Crippen molar-refractivity contribution in [2.45, 2.75) is 19.6 Å². The van der Waals surface area contributed by atoms with E-state index >= 15 is 0 Å². The summed E-state index contributed by atoms with van der Waals surface area (Å²) in [5.74, 6) is 0.799. The van der Waals surface area contributed by atoms with Gasteiger partial charge in [-0.15, -0.1) is 0 Å². The smallest absolute Gasteiger partial charge is 0.290 e. The molecule has 2 aromatic carbocycles. The highest BCUT2D eigenvalue weighted by atomic mass is 16.3. The first kappa shape index (κ1) is 18.2. The van der Waals surface area contributed by atoms with E-state index in [0.717, 1.165) is 11.1 Å². The van der Waals surface area contributed by atoms with Crippen LogP contribution in [0.15, 0.2) is 71.3 Å². The third-order valence-electron chi connectivity index (χ3n) is 5.30. The largest absolute Gasteiger partial charge is 0.467 e. The number of carbonyl (C=O) groups is 2. The molecule has 1 aliphatic rings. The van der Waals surface area contributed by atoms with Gasteiger partial charge in [-0.3, -0.25) is 9.59 Å². The molecule has 150 valence electrons. The second kappa shape index (κ2) is 7.51. The molecule has 0 spiro atoms. The van der Waals surface area contributed by atoms with Crippen molar-refractivity contribution in [2.24, 2.45) is 0 Å². The molecule has 0 saturated heterocycles. The standard InChI is InChI=1S/C23H20N4O3/c28-22(24-14-18-7-4-12-30-18)17-8-9-20-19(13-17)25-21-23(29)26(10-11-27(20)21)15-16-5-2-1-3-6-16/h1-9,12-13H,10-11,14-15H2,(H,24,28). The topological polar surface area (TPSA) is 80.4 Å². The van der Waals surface area contributed by atoms with Gasteiger partial charge in [-0.25, -0.2) is 4.98 Å². The number of nitrogens with one attached hydrogen (secondary N) is 1. The van der Waals surface area contributed by atoms with Gasteiger partial charge < -0.3 is 19.2 Å². The van der Waals surface area contributed by atoms with Gasteiger partial charge in [-0.1, -0.05) is 30.3 Å². The summed E-state index contributed by atoms with van der Waals surface area (Å²) in [4.78, 5) is 31.8. The first-order valence-corrected chi connectivity index (χ1v) is 9.83. The molecule has 0 radical (unpaired) electrons. The van der Waals surface area contributed by atoms with Crippen LogP contribution in [0.5, 0.6) is 0 Å². The zero-order chi connectivity index (χ0) is 20.5. The van der Waals surface area contributed by atoms with Gasteiger partial charge in [-0.2, -0.15) is 0 Å². The van der Waals surface area contributed by atoms with Crippen molar-refractivity contribution >= 4 is 22.8 Å². The van der Waals surface area contributed by atoms with E-state index in [1.165, 1.54) is 0 Å². The molecule has 5 rings (SSSR count). The predicted octanol–water partition coefficient (Wildman–Crippen LogP) is 3.22. The maximum atomic E-state index is 13.0. The van der Waals surface area contributed by atoms with Crippen LogP contribution in [0.25, 0.3) is 11.0 Å². The average molecular weight is 400 g/mol. The molecule has 0 atom stereocenters. The Labute approximate surface area is 172 Å². The van der Waals surface area contributed by atoms with E-state index in [-0.39, 0.29) is 11.8 Å². The maximum Gasteiger partial charge on any atom is 0.290 e. The number of aromatic nitrogens is 2. The lowest BCUT2D eigenvalue weighted by molar-refractivity contribution is 0.0685. The first-order valence-electron chi connectivity index (χ1n) is 9.83. The molecule has 0 fully saturated rings. The van der Waals surface area contributed by atoms with E-state index in [1.54, 1.807) is 30.5 Å². The highest BCUT2D eigenvalue weighted by Crippen LogP contribution is 2.23. The zero-order valence-corrected chi connectivity index (χ0v) is 16.2. The monoisotopic (exact) mass is 400 g/mol. The molecule has 1 aliphatic heterocycles. The summed E-state index contributed by atoms with van der Waals surface area (Å²) in [7, 11) is 0. The summed E-state index contributed by atoms with van der Waals surface area (Å²) in [5.41, 5.74) is 3.09. The van der Waals surface area contributed by atoms with Crippen LogP contribution in [0.3, 0.4) is 0 Å². The van der Waals surface area contributed by atoms with Crippen LogP contribution in [0.1, 0.15) is 32.3 Å². The third-order valence-corrected chi connectivity index (χ3v) is 5.30. The van der Waals surface area contributed by atoms with E-state index in [1.807, 2.05) is 45.9 Å². The van der Waals surface area contributed by atoms with Crippen molar-refractivity contribution in [3.05, 3.63) is 89.6 Å². The SMILES string of the molecule is O=C(NCc1ccco1)c1ccc2c(c1)nc1n2CCN(Cc2ccccc2)C1=O. The lowest BCUT2D eigenvalue weighted by Crippen LogP contribution is -2.39. The van der Waals surface area contributed by atoms with Gasteiger partial charge in [0.25, 0.3) is 11.8 Å². The molecule has 7 nitrogen and oxygen atoms in total. The number of imidazole rings is 1. The summed E-state index contributed by atoms with van der Waals surface area (Å²) < 4.78 is 7.17. The van der Waals surface area contributed by atoms with Crippen LogP contribution >= 0.6 is 0 Å². The molecular weight excluding hydrogens is 380 g/mol. The van der Waals surface area contributed by atoms with Crippen molar-refractivity contribution in [3.63, 3.8) is 0 Å². The molecule has 3 heterocycles. The van der Waals surface area contributed by atoms with Gasteiger partial charge in [0.05, 0.1) is 23.8 Å². The van der Waals surface area contributed by atoms with Crippen molar-refractivity contribution < 1.29 is 14.0 Å². The summed E-state index contributed by atoms with van der Waals surface area (Å²) in [6, 6.07) is 18.9. The molecule has 4 aromatic rings. The normalized spacial score (nSPS) is 13.5. The molecule has 2 amide bonds. The van der Waals surface area contributed by atoms with Crippen molar-refractivity contribution in [3.8, 4) is 0 Å². The van der Waals surface area contributed by atoms with Crippen LogP contribution in [-0.4, -0.2) is 32.8 Å². The third kappa shape index (κ3) is 3.34. The van der Waals surface area contributed by atoms with Crippen LogP contribution in [0.4, 0.5) is 0 Å². The molecule has 0 bridgehead atoms. The number of benzene rings is 2. The molecule has 2 aromatic heterocycles.